The highest BCUT2D eigenvalue weighted by atomic mass is 19.2. The van der Waals surface area contributed by atoms with Crippen LogP contribution in [0.15, 0.2) is 24.5 Å². The molecule has 1 saturated heterocycles. The Morgan fingerprint density at radius 1 is 1.32 bits per heavy atom. The van der Waals surface area contributed by atoms with Gasteiger partial charge in [-0.15, -0.1) is 0 Å². The summed E-state index contributed by atoms with van der Waals surface area (Å²) in [7, 11) is 0. The molecule has 1 fully saturated rings. The summed E-state index contributed by atoms with van der Waals surface area (Å²) in [6.45, 7) is 1.17. The fraction of sp³-hybridized carbons (Fsp3) is 0.467. The Morgan fingerprint density at radius 2 is 2.18 bits per heavy atom. The van der Waals surface area contributed by atoms with Crippen LogP contribution in [0, 0.1) is 11.6 Å². The molecule has 2 atom stereocenters. The first-order chi connectivity index (χ1) is 10.6. The Labute approximate surface area is 127 Å². The average molecular weight is 308 g/mol. The first-order valence-corrected chi connectivity index (χ1v) is 7.37. The van der Waals surface area contributed by atoms with Crippen LogP contribution in [-0.4, -0.2) is 38.3 Å². The predicted octanol–water partition coefficient (Wildman–Crippen LogP) is 2.34. The zero-order valence-electron chi connectivity index (χ0n) is 12.0. The molecule has 5 nitrogen and oxygen atoms in total. The van der Waals surface area contributed by atoms with Crippen molar-refractivity contribution in [2.75, 3.05) is 13.1 Å². The lowest BCUT2D eigenvalue weighted by molar-refractivity contribution is 0.0636. The van der Waals surface area contributed by atoms with Gasteiger partial charge in [0.15, 0.2) is 11.6 Å². The average Bonchev–Trinajstić information content (AvgIpc) is 3.04. The molecule has 1 aliphatic heterocycles. The third kappa shape index (κ3) is 3.15. The highest BCUT2D eigenvalue weighted by Crippen LogP contribution is 2.30. The first-order valence-electron chi connectivity index (χ1n) is 7.37. The zero-order valence-corrected chi connectivity index (χ0v) is 12.0. The quantitative estimate of drug-likeness (QED) is 0.910. The van der Waals surface area contributed by atoms with Crippen LogP contribution in [-0.2, 0) is 0 Å². The molecule has 0 aliphatic carbocycles. The van der Waals surface area contributed by atoms with Crippen LogP contribution in [0.25, 0.3) is 0 Å². The van der Waals surface area contributed by atoms with Crippen molar-refractivity contribution in [2.24, 2.45) is 0 Å². The van der Waals surface area contributed by atoms with Gasteiger partial charge < -0.3 is 5.11 Å². The highest BCUT2D eigenvalue weighted by molar-refractivity contribution is 5.20. The largest absolute Gasteiger partial charge is 0.387 e. The number of nitrogens with zero attached hydrogens (tertiary/aromatic N) is 3. The molecular formula is C15H18F2N4O. The second-order valence-electron chi connectivity index (χ2n) is 5.57. The van der Waals surface area contributed by atoms with Gasteiger partial charge in [-0.25, -0.2) is 13.8 Å². The Hall–Kier alpha value is -1.86. The molecule has 0 radical (unpaired) electrons. The number of piperidine rings is 1. The fourth-order valence-electron chi connectivity index (χ4n) is 2.94. The van der Waals surface area contributed by atoms with Gasteiger partial charge >= 0.3 is 0 Å². The van der Waals surface area contributed by atoms with Crippen LogP contribution in [0.3, 0.4) is 0 Å². The number of halogens is 2. The van der Waals surface area contributed by atoms with Crippen LogP contribution in [0.4, 0.5) is 8.78 Å². The van der Waals surface area contributed by atoms with Crippen molar-refractivity contribution >= 4 is 0 Å². The van der Waals surface area contributed by atoms with Crippen LogP contribution in [0.1, 0.15) is 42.8 Å². The fourth-order valence-corrected chi connectivity index (χ4v) is 2.94. The van der Waals surface area contributed by atoms with E-state index in [0.717, 1.165) is 43.8 Å². The van der Waals surface area contributed by atoms with Gasteiger partial charge in [-0.2, -0.15) is 5.10 Å². The van der Waals surface area contributed by atoms with Crippen molar-refractivity contribution in [1.29, 1.82) is 0 Å². The molecule has 0 bridgehead atoms. The lowest BCUT2D eigenvalue weighted by Crippen LogP contribution is -2.37. The first kappa shape index (κ1) is 15.1. The van der Waals surface area contributed by atoms with E-state index in [1.807, 2.05) is 0 Å². The van der Waals surface area contributed by atoms with E-state index >= 15 is 0 Å². The normalized spacial score (nSPS) is 21.0. The third-order valence-electron chi connectivity index (χ3n) is 4.10. The molecule has 1 aromatic carbocycles. The Kier molecular flexibility index (Phi) is 4.44. The van der Waals surface area contributed by atoms with Gasteiger partial charge in [0.05, 0.1) is 12.1 Å². The molecule has 2 aromatic rings. The molecular weight excluding hydrogens is 290 g/mol. The lowest BCUT2D eigenvalue weighted by Gasteiger charge is -2.35. The SMILES string of the molecule is OC(CN1CCCCC1c1ncn[nH]1)c1ccc(F)c(F)c1. The summed E-state index contributed by atoms with van der Waals surface area (Å²) in [4.78, 5) is 6.30. The van der Waals surface area contributed by atoms with Crippen molar-refractivity contribution in [3.8, 4) is 0 Å². The molecule has 0 amide bonds. The summed E-state index contributed by atoms with van der Waals surface area (Å²) < 4.78 is 26.3. The summed E-state index contributed by atoms with van der Waals surface area (Å²) in [5.74, 6) is -1.08. The second kappa shape index (κ2) is 6.50. The van der Waals surface area contributed by atoms with Crippen molar-refractivity contribution in [3.63, 3.8) is 0 Å². The van der Waals surface area contributed by atoms with Crippen LogP contribution < -0.4 is 0 Å². The molecule has 7 heteroatoms. The maximum Gasteiger partial charge on any atom is 0.159 e. The van der Waals surface area contributed by atoms with Gasteiger partial charge in [-0.3, -0.25) is 10.00 Å². The molecule has 2 unspecified atom stereocenters. The summed E-state index contributed by atoms with van der Waals surface area (Å²) in [5.41, 5.74) is 0.376. The Morgan fingerprint density at radius 3 is 2.91 bits per heavy atom. The van der Waals surface area contributed by atoms with E-state index in [4.69, 9.17) is 0 Å². The molecule has 1 aromatic heterocycles. The van der Waals surface area contributed by atoms with Crippen molar-refractivity contribution in [2.45, 2.75) is 31.4 Å². The highest BCUT2D eigenvalue weighted by Gasteiger charge is 2.28. The van der Waals surface area contributed by atoms with E-state index in [1.54, 1.807) is 0 Å². The monoisotopic (exact) mass is 308 g/mol. The molecule has 1 aliphatic rings. The van der Waals surface area contributed by atoms with Crippen molar-refractivity contribution in [1.82, 2.24) is 20.1 Å². The number of nitrogens with one attached hydrogen (secondary N) is 1. The smallest absolute Gasteiger partial charge is 0.159 e. The minimum Gasteiger partial charge on any atom is -0.387 e. The van der Waals surface area contributed by atoms with Gasteiger partial charge in [0.25, 0.3) is 0 Å². The van der Waals surface area contributed by atoms with E-state index < -0.39 is 17.7 Å². The number of β-amino-alcohol motifs (C(OH)–C–C–N with tert-alkyl or cyclic N) is 1. The van der Waals surface area contributed by atoms with E-state index in [9.17, 15) is 13.9 Å². The van der Waals surface area contributed by atoms with E-state index in [-0.39, 0.29) is 6.04 Å². The van der Waals surface area contributed by atoms with Crippen LogP contribution >= 0.6 is 0 Å². The lowest BCUT2D eigenvalue weighted by atomic mass is 9.99. The van der Waals surface area contributed by atoms with Gasteiger partial charge in [-0.1, -0.05) is 12.5 Å². The molecule has 2 N–H and O–H groups in total. The summed E-state index contributed by atoms with van der Waals surface area (Å²) >= 11 is 0. The minimum absolute atomic E-state index is 0.0659. The standard InChI is InChI=1S/C15H18F2N4O/c16-11-5-4-10(7-12(11)17)14(22)8-21-6-2-1-3-13(21)15-18-9-19-20-15/h4-5,7,9,13-14,22H,1-3,6,8H2,(H,18,19,20). The van der Waals surface area contributed by atoms with E-state index in [1.165, 1.54) is 12.4 Å². The molecule has 3 rings (SSSR count). The molecule has 118 valence electrons. The summed E-state index contributed by atoms with van der Waals surface area (Å²) in [5, 5.41) is 17.1. The number of hydrogen-bond donors (Lipinski definition) is 2. The summed E-state index contributed by atoms with van der Waals surface area (Å²) in [6.07, 6.45) is 3.64. The van der Waals surface area contributed by atoms with Crippen molar-refractivity contribution in [3.05, 3.63) is 47.5 Å². The third-order valence-corrected chi connectivity index (χ3v) is 4.10. The topological polar surface area (TPSA) is 65.0 Å². The number of likely N-dealkylation sites (tertiary alicyclic amines) is 1. The van der Waals surface area contributed by atoms with E-state index in [0.29, 0.717) is 12.1 Å². The van der Waals surface area contributed by atoms with Crippen LogP contribution in [0.5, 0.6) is 0 Å². The maximum absolute atomic E-state index is 13.3. The molecule has 0 spiro atoms. The van der Waals surface area contributed by atoms with Crippen LogP contribution in [0.2, 0.25) is 0 Å². The van der Waals surface area contributed by atoms with Gasteiger partial charge in [0.1, 0.15) is 12.2 Å². The van der Waals surface area contributed by atoms with E-state index in [2.05, 4.69) is 20.1 Å². The Balaban J connectivity index is 1.73. The number of rotatable bonds is 4. The number of hydrogen-bond acceptors (Lipinski definition) is 4. The van der Waals surface area contributed by atoms with Gasteiger partial charge in [0, 0.05) is 6.54 Å². The summed E-state index contributed by atoms with van der Waals surface area (Å²) in [6, 6.07) is 3.57. The van der Waals surface area contributed by atoms with Crippen molar-refractivity contribution < 1.29 is 13.9 Å². The predicted molar refractivity (Wildman–Crippen MR) is 75.9 cm³/mol. The molecule has 22 heavy (non-hydrogen) atoms. The van der Waals surface area contributed by atoms with Gasteiger partial charge in [0.2, 0.25) is 0 Å². The molecule has 0 saturated carbocycles. The maximum atomic E-state index is 13.3. The zero-order chi connectivity index (χ0) is 15.5. The number of aromatic amines is 1. The Bertz CT molecular complexity index is 620. The molecule has 2 heterocycles. The number of aromatic nitrogens is 3. The second-order valence-corrected chi connectivity index (χ2v) is 5.57. The number of benzene rings is 1. The number of aliphatic hydroxyl groups excluding tert-OH is 1. The minimum atomic E-state index is -0.943. The number of aliphatic hydroxyl groups is 1. The number of H-pyrrole nitrogens is 1. The van der Waals surface area contributed by atoms with Gasteiger partial charge in [-0.05, 0) is 37.1 Å².